The lowest BCUT2D eigenvalue weighted by molar-refractivity contribution is 0.597. The second-order valence-corrected chi connectivity index (χ2v) is 6.42. The number of benzene rings is 1. The maximum atomic E-state index is 11.5. The van der Waals surface area contributed by atoms with Gasteiger partial charge in [0.15, 0.2) is 14.9 Å². The lowest BCUT2D eigenvalue weighted by Gasteiger charge is -2.06. The van der Waals surface area contributed by atoms with Crippen LogP contribution >= 0.6 is 23.2 Å². The van der Waals surface area contributed by atoms with Crippen molar-refractivity contribution in [3.63, 3.8) is 0 Å². The Morgan fingerprint density at radius 3 is 2.41 bits per heavy atom. The van der Waals surface area contributed by atoms with Gasteiger partial charge in [-0.3, -0.25) is 0 Å². The summed E-state index contributed by atoms with van der Waals surface area (Å²) in [6, 6.07) is 3.09. The molecular weight excluding hydrogens is 283 g/mol. The molecule has 0 amide bonds. The van der Waals surface area contributed by atoms with Crippen molar-refractivity contribution in [2.24, 2.45) is 0 Å². The number of rotatable bonds is 1. The van der Waals surface area contributed by atoms with Crippen LogP contribution in [-0.2, 0) is 9.84 Å². The molecule has 1 aromatic heterocycles. The Kier molecular flexibility index (Phi) is 3.01. The molecule has 0 saturated carbocycles. The monoisotopic (exact) mass is 290 g/mol. The zero-order valence-electron chi connectivity index (χ0n) is 9.03. The first-order valence-corrected chi connectivity index (χ1v) is 7.27. The number of sulfone groups is 1. The molecule has 0 N–H and O–H groups in total. The fourth-order valence-electron chi connectivity index (χ4n) is 1.51. The Bertz CT molecular complexity index is 714. The molecule has 2 aromatic rings. The zero-order chi connectivity index (χ0) is 12.8. The van der Waals surface area contributed by atoms with Crippen molar-refractivity contribution < 1.29 is 8.42 Å². The average molecular weight is 291 g/mol. The third-order valence-corrected chi connectivity index (χ3v) is 3.77. The molecule has 0 unspecified atom stereocenters. The summed E-state index contributed by atoms with van der Waals surface area (Å²) in [4.78, 5) is 8.20. The summed E-state index contributed by atoms with van der Waals surface area (Å²) in [6.45, 7) is 1.58. The van der Waals surface area contributed by atoms with Crippen molar-refractivity contribution >= 4 is 44.1 Å². The van der Waals surface area contributed by atoms with Crippen LogP contribution in [0.25, 0.3) is 11.0 Å². The zero-order valence-corrected chi connectivity index (χ0v) is 11.4. The molecular formula is C10H8Cl2N2O2S. The lowest BCUT2D eigenvalue weighted by atomic mass is 10.3. The van der Waals surface area contributed by atoms with Gasteiger partial charge >= 0.3 is 0 Å². The van der Waals surface area contributed by atoms with E-state index in [4.69, 9.17) is 23.2 Å². The van der Waals surface area contributed by atoms with Gasteiger partial charge in [0.1, 0.15) is 5.52 Å². The Morgan fingerprint density at radius 1 is 1.18 bits per heavy atom. The van der Waals surface area contributed by atoms with Crippen LogP contribution in [0.3, 0.4) is 0 Å². The predicted molar refractivity (Wildman–Crippen MR) is 67.4 cm³/mol. The summed E-state index contributed by atoms with van der Waals surface area (Å²) >= 11 is 11.8. The van der Waals surface area contributed by atoms with E-state index >= 15 is 0 Å². The van der Waals surface area contributed by atoms with Gasteiger partial charge < -0.3 is 0 Å². The number of nitrogens with zero attached hydrogens (tertiary/aromatic N) is 2. The van der Waals surface area contributed by atoms with Crippen molar-refractivity contribution in [3.05, 3.63) is 27.9 Å². The molecule has 1 heterocycles. The Hall–Kier alpha value is -0.910. The van der Waals surface area contributed by atoms with Crippen LogP contribution in [0.1, 0.15) is 5.69 Å². The molecule has 0 fully saturated rings. The van der Waals surface area contributed by atoms with Crippen LogP contribution in [0.2, 0.25) is 10.0 Å². The van der Waals surface area contributed by atoms with E-state index in [1.165, 1.54) is 6.07 Å². The standard InChI is InChI=1S/C10H8Cl2N2O2S/c1-5-10(17(2,15)16)14-9-7(12)3-6(11)4-8(9)13-5/h3-4H,1-2H3. The largest absolute Gasteiger partial charge is 0.248 e. The van der Waals surface area contributed by atoms with Gasteiger partial charge in [-0.25, -0.2) is 18.4 Å². The summed E-state index contributed by atoms with van der Waals surface area (Å²) in [5.41, 5.74) is 1.15. The molecule has 17 heavy (non-hydrogen) atoms. The first-order chi connectivity index (χ1) is 7.79. The molecule has 0 bridgehead atoms. The van der Waals surface area contributed by atoms with E-state index < -0.39 is 9.84 Å². The molecule has 0 aliphatic rings. The van der Waals surface area contributed by atoms with Gasteiger partial charge in [0.25, 0.3) is 0 Å². The van der Waals surface area contributed by atoms with Crippen LogP contribution in [0, 0.1) is 6.92 Å². The van der Waals surface area contributed by atoms with Crippen LogP contribution in [0.5, 0.6) is 0 Å². The van der Waals surface area contributed by atoms with Gasteiger partial charge in [0, 0.05) is 11.3 Å². The number of aromatic nitrogens is 2. The fourth-order valence-corrected chi connectivity index (χ4v) is 2.87. The molecule has 0 aliphatic heterocycles. The normalized spacial score (nSPS) is 12.0. The number of hydrogen-bond acceptors (Lipinski definition) is 4. The first-order valence-electron chi connectivity index (χ1n) is 4.62. The second kappa shape index (κ2) is 4.08. The van der Waals surface area contributed by atoms with Gasteiger partial charge in [-0.15, -0.1) is 0 Å². The van der Waals surface area contributed by atoms with Crippen molar-refractivity contribution in [2.75, 3.05) is 6.26 Å². The van der Waals surface area contributed by atoms with Crippen molar-refractivity contribution in [1.82, 2.24) is 9.97 Å². The summed E-state index contributed by atoms with van der Waals surface area (Å²) in [6.07, 6.45) is 1.08. The minimum Gasteiger partial charge on any atom is -0.248 e. The highest BCUT2D eigenvalue weighted by molar-refractivity contribution is 7.90. The highest BCUT2D eigenvalue weighted by atomic mass is 35.5. The molecule has 0 aliphatic carbocycles. The summed E-state index contributed by atoms with van der Waals surface area (Å²) in [7, 11) is -3.42. The molecule has 1 aromatic carbocycles. The van der Waals surface area contributed by atoms with Gasteiger partial charge in [0.05, 0.1) is 16.2 Å². The number of halogens is 2. The number of aryl methyl sites for hydroxylation is 1. The minimum absolute atomic E-state index is 0.0609. The molecule has 0 saturated heterocycles. The maximum Gasteiger partial charge on any atom is 0.194 e. The van der Waals surface area contributed by atoms with Gasteiger partial charge in [-0.05, 0) is 19.1 Å². The molecule has 7 heteroatoms. The van der Waals surface area contributed by atoms with Crippen LogP contribution in [0.4, 0.5) is 0 Å². The van der Waals surface area contributed by atoms with Gasteiger partial charge in [0.2, 0.25) is 0 Å². The van der Waals surface area contributed by atoms with E-state index in [0.29, 0.717) is 21.7 Å². The van der Waals surface area contributed by atoms with E-state index in [9.17, 15) is 8.42 Å². The molecule has 0 spiro atoms. The van der Waals surface area contributed by atoms with E-state index in [-0.39, 0.29) is 10.0 Å². The minimum atomic E-state index is -3.42. The average Bonchev–Trinajstić information content (AvgIpc) is 2.13. The van der Waals surface area contributed by atoms with Crippen molar-refractivity contribution in [1.29, 1.82) is 0 Å². The highest BCUT2D eigenvalue weighted by Gasteiger charge is 2.16. The van der Waals surface area contributed by atoms with Crippen LogP contribution in [0.15, 0.2) is 17.2 Å². The Labute approximate surface area is 109 Å². The molecule has 90 valence electrons. The van der Waals surface area contributed by atoms with Crippen molar-refractivity contribution in [2.45, 2.75) is 11.9 Å². The summed E-state index contributed by atoms with van der Waals surface area (Å²) in [5, 5.41) is 0.655. The predicted octanol–water partition coefficient (Wildman–Crippen LogP) is 2.65. The smallest absolute Gasteiger partial charge is 0.194 e. The molecule has 0 radical (unpaired) electrons. The van der Waals surface area contributed by atoms with Gasteiger partial charge in [-0.2, -0.15) is 0 Å². The Morgan fingerprint density at radius 2 is 1.82 bits per heavy atom. The van der Waals surface area contributed by atoms with Crippen LogP contribution in [-0.4, -0.2) is 24.6 Å². The third-order valence-electron chi connectivity index (χ3n) is 2.17. The molecule has 4 nitrogen and oxygen atoms in total. The number of hydrogen-bond donors (Lipinski definition) is 0. The SMILES string of the molecule is Cc1nc2cc(Cl)cc(Cl)c2nc1S(C)(=O)=O. The second-order valence-electron chi connectivity index (χ2n) is 3.64. The van der Waals surface area contributed by atoms with Crippen LogP contribution < -0.4 is 0 Å². The summed E-state index contributed by atoms with van der Waals surface area (Å²) < 4.78 is 23.0. The van der Waals surface area contributed by atoms with E-state index in [2.05, 4.69) is 9.97 Å². The summed E-state index contributed by atoms with van der Waals surface area (Å²) in [5.74, 6) is 0. The van der Waals surface area contributed by atoms with E-state index in [0.717, 1.165) is 6.26 Å². The molecule has 0 atom stereocenters. The first kappa shape index (κ1) is 12.5. The van der Waals surface area contributed by atoms with E-state index in [1.807, 2.05) is 0 Å². The lowest BCUT2D eigenvalue weighted by Crippen LogP contribution is -2.05. The fraction of sp³-hybridized carbons (Fsp3) is 0.200. The quantitative estimate of drug-likeness (QED) is 0.810. The maximum absolute atomic E-state index is 11.5. The third kappa shape index (κ3) is 2.36. The van der Waals surface area contributed by atoms with Gasteiger partial charge in [-0.1, -0.05) is 23.2 Å². The van der Waals surface area contributed by atoms with Crippen molar-refractivity contribution in [3.8, 4) is 0 Å². The topological polar surface area (TPSA) is 59.9 Å². The van der Waals surface area contributed by atoms with E-state index in [1.54, 1.807) is 13.0 Å². The Balaban J connectivity index is 2.91. The number of fused-ring (bicyclic) bond motifs is 1. The molecule has 2 rings (SSSR count). The highest BCUT2D eigenvalue weighted by Crippen LogP contribution is 2.27.